The summed E-state index contributed by atoms with van der Waals surface area (Å²) in [6.45, 7) is 0. The molecular weight excluding hydrogens is 436 g/mol. The Kier molecular flexibility index (Phi) is 5.62. The van der Waals surface area contributed by atoms with E-state index in [2.05, 4.69) is 16.4 Å². The van der Waals surface area contributed by atoms with Gasteiger partial charge in [-0.1, -0.05) is 36.0 Å². The van der Waals surface area contributed by atoms with E-state index in [1.165, 1.54) is 18.3 Å². The molecule has 4 rings (SSSR count). The topological polar surface area (TPSA) is 101 Å². The lowest BCUT2D eigenvalue weighted by atomic mass is 10.1. The van der Waals surface area contributed by atoms with Gasteiger partial charge in [0.05, 0.1) is 32.4 Å². The number of ether oxygens (including phenoxy) is 1. The zero-order valence-corrected chi connectivity index (χ0v) is 17.4. The fourth-order valence-electron chi connectivity index (χ4n) is 3.06. The van der Waals surface area contributed by atoms with Gasteiger partial charge in [-0.2, -0.15) is 5.26 Å². The molecule has 1 aromatic heterocycles. The molecule has 1 N–H and O–H groups in total. The lowest BCUT2D eigenvalue weighted by Crippen LogP contribution is -2.05. The van der Waals surface area contributed by atoms with Crippen LogP contribution in [0, 0.1) is 21.4 Å². The zero-order valence-electron chi connectivity index (χ0n) is 15.8. The Bertz CT molecular complexity index is 1340. The van der Waals surface area contributed by atoms with E-state index in [0.717, 1.165) is 0 Å². The predicted molar refractivity (Wildman–Crippen MR) is 123 cm³/mol. The van der Waals surface area contributed by atoms with E-state index in [1.807, 2.05) is 6.08 Å². The highest BCUT2D eigenvalue weighted by Crippen LogP contribution is 2.35. The number of nitro groups is 1. The number of rotatable bonds is 5. The number of fused-ring (bicyclic) bond motifs is 1. The van der Waals surface area contributed by atoms with Crippen molar-refractivity contribution in [3.8, 4) is 11.8 Å². The highest BCUT2D eigenvalue weighted by atomic mass is 35.5. The number of anilines is 2. The number of nitriles is 1. The van der Waals surface area contributed by atoms with Crippen LogP contribution in [0.1, 0.15) is 12.0 Å². The molecule has 3 aromatic rings. The van der Waals surface area contributed by atoms with Crippen molar-refractivity contribution in [1.29, 1.82) is 5.26 Å². The summed E-state index contributed by atoms with van der Waals surface area (Å²) in [5.74, 6) is 1.03. The first-order valence-electron chi connectivity index (χ1n) is 9.08. The van der Waals surface area contributed by atoms with Crippen molar-refractivity contribution in [3.63, 3.8) is 0 Å². The molecule has 0 amide bonds. The number of hydrogen-bond donors (Lipinski definition) is 1. The van der Waals surface area contributed by atoms with E-state index in [4.69, 9.17) is 28.6 Å². The second-order valence-corrected chi connectivity index (χ2v) is 7.47. The molecule has 2 aromatic carbocycles. The van der Waals surface area contributed by atoms with Crippen LogP contribution in [0.4, 0.5) is 17.1 Å². The second-order valence-electron chi connectivity index (χ2n) is 6.57. The maximum absolute atomic E-state index is 11.2. The van der Waals surface area contributed by atoms with Gasteiger partial charge >= 0.3 is 0 Å². The summed E-state index contributed by atoms with van der Waals surface area (Å²) in [5, 5.41) is 24.9. The maximum Gasteiger partial charge on any atom is 0.270 e. The summed E-state index contributed by atoms with van der Waals surface area (Å²) in [7, 11) is 0. The molecule has 0 saturated carbocycles. The number of nitrogens with one attached hydrogen (secondary N) is 1. The minimum Gasteiger partial charge on any atom is -0.455 e. The number of nitrogens with zero attached hydrogens (tertiary/aromatic N) is 3. The van der Waals surface area contributed by atoms with Gasteiger partial charge in [-0.3, -0.25) is 15.1 Å². The lowest BCUT2D eigenvalue weighted by molar-refractivity contribution is -0.384. The minimum atomic E-state index is -0.491. The van der Waals surface area contributed by atoms with Gasteiger partial charge in [-0.05, 0) is 24.3 Å². The van der Waals surface area contributed by atoms with Crippen LogP contribution < -0.4 is 10.1 Å². The summed E-state index contributed by atoms with van der Waals surface area (Å²) < 4.78 is 6.00. The van der Waals surface area contributed by atoms with Crippen LogP contribution in [0.5, 0.6) is 5.75 Å². The van der Waals surface area contributed by atoms with Crippen LogP contribution in [0.3, 0.4) is 0 Å². The van der Waals surface area contributed by atoms with Crippen molar-refractivity contribution < 1.29 is 9.66 Å². The molecule has 0 fully saturated rings. The van der Waals surface area contributed by atoms with Crippen molar-refractivity contribution in [2.45, 2.75) is 6.42 Å². The van der Waals surface area contributed by atoms with E-state index in [0.29, 0.717) is 50.1 Å². The zero-order chi connectivity index (χ0) is 22.0. The van der Waals surface area contributed by atoms with Gasteiger partial charge in [0, 0.05) is 41.1 Å². The van der Waals surface area contributed by atoms with E-state index >= 15 is 0 Å². The Morgan fingerprint density at radius 1 is 1.29 bits per heavy atom. The molecule has 1 heterocycles. The lowest BCUT2D eigenvalue weighted by Gasteiger charge is -2.17. The molecule has 0 unspecified atom stereocenters. The van der Waals surface area contributed by atoms with E-state index in [-0.39, 0.29) is 11.3 Å². The molecule has 0 atom stereocenters. The van der Waals surface area contributed by atoms with Crippen molar-refractivity contribution in [3.05, 3.63) is 87.3 Å². The SMILES string of the molecule is N#Cc1cnc2ccc([N+](=O)[O-])cc2c1Nc1ccccc1OC1=CCC(=S)C(Cl)=C1. The summed E-state index contributed by atoms with van der Waals surface area (Å²) in [5.41, 5.74) is 1.63. The molecule has 9 heteroatoms. The predicted octanol–water partition coefficient (Wildman–Crippen LogP) is 5.92. The van der Waals surface area contributed by atoms with Crippen molar-refractivity contribution in [2.75, 3.05) is 5.32 Å². The fraction of sp³-hybridized carbons (Fsp3) is 0.0455. The summed E-state index contributed by atoms with van der Waals surface area (Å²) in [6.07, 6.45) is 5.41. The monoisotopic (exact) mass is 448 g/mol. The smallest absolute Gasteiger partial charge is 0.270 e. The Hall–Kier alpha value is -3.80. The van der Waals surface area contributed by atoms with Gasteiger partial charge < -0.3 is 10.1 Å². The Balaban J connectivity index is 1.77. The number of allylic oxidation sites excluding steroid dienone is 3. The van der Waals surface area contributed by atoms with Gasteiger partial charge in [0.1, 0.15) is 11.8 Å². The quantitative estimate of drug-likeness (QED) is 0.293. The Labute approximate surface area is 187 Å². The van der Waals surface area contributed by atoms with Crippen molar-refractivity contribution in [2.24, 2.45) is 0 Å². The molecule has 0 bridgehead atoms. The molecule has 0 aliphatic heterocycles. The third kappa shape index (κ3) is 4.23. The van der Waals surface area contributed by atoms with Crippen LogP contribution in [-0.4, -0.2) is 14.8 Å². The highest BCUT2D eigenvalue weighted by molar-refractivity contribution is 7.81. The van der Waals surface area contributed by atoms with Gasteiger partial charge in [0.15, 0.2) is 5.75 Å². The molecule has 31 heavy (non-hydrogen) atoms. The van der Waals surface area contributed by atoms with Crippen molar-refractivity contribution in [1.82, 2.24) is 4.98 Å². The number of thiocarbonyl (C=S) groups is 1. The second kappa shape index (κ2) is 8.52. The van der Waals surface area contributed by atoms with Gasteiger partial charge in [-0.25, -0.2) is 0 Å². The number of nitro benzene ring substituents is 1. The first-order valence-corrected chi connectivity index (χ1v) is 9.86. The normalized spacial score (nSPS) is 13.2. The molecule has 152 valence electrons. The summed E-state index contributed by atoms with van der Waals surface area (Å²) >= 11 is 11.3. The number of non-ortho nitro benzene ring substituents is 1. The third-order valence-electron chi connectivity index (χ3n) is 4.58. The first-order chi connectivity index (χ1) is 15.0. The average Bonchev–Trinajstić information content (AvgIpc) is 2.77. The van der Waals surface area contributed by atoms with Crippen LogP contribution in [-0.2, 0) is 0 Å². The largest absolute Gasteiger partial charge is 0.455 e. The summed E-state index contributed by atoms with van der Waals surface area (Å²) in [6, 6.07) is 13.5. The molecule has 0 spiro atoms. The highest BCUT2D eigenvalue weighted by Gasteiger charge is 2.16. The van der Waals surface area contributed by atoms with Crippen LogP contribution in [0.25, 0.3) is 10.9 Å². The van der Waals surface area contributed by atoms with Gasteiger partial charge in [0.25, 0.3) is 5.69 Å². The number of hydrogen-bond acceptors (Lipinski definition) is 7. The van der Waals surface area contributed by atoms with E-state index < -0.39 is 4.92 Å². The number of aromatic nitrogens is 1. The summed E-state index contributed by atoms with van der Waals surface area (Å²) in [4.78, 5) is 15.6. The minimum absolute atomic E-state index is 0.0971. The molecule has 1 aliphatic carbocycles. The Morgan fingerprint density at radius 2 is 2.10 bits per heavy atom. The van der Waals surface area contributed by atoms with Crippen LogP contribution >= 0.6 is 23.8 Å². The van der Waals surface area contributed by atoms with Crippen molar-refractivity contribution >= 4 is 56.6 Å². The molecule has 1 aliphatic rings. The maximum atomic E-state index is 11.2. The molecule has 0 radical (unpaired) electrons. The number of pyridine rings is 1. The third-order valence-corrected chi connectivity index (χ3v) is 5.42. The van der Waals surface area contributed by atoms with Gasteiger partial charge in [-0.15, -0.1) is 0 Å². The molecule has 7 nitrogen and oxygen atoms in total. The fourth-order valence-corrected chi connectivity index (χ4v) is 3.39. The number of halogens is 1. The van der Waals surface area contributed by atoms with Crippen LogP contribution in [0.2, 0.25) is 0 Å². The standard InChI is InChI=1S/C22H13ClN4O3S/c23-17-10-15(6-8-21(17)31)30-20-4-2-1-3-19(20)26-22-13(11-24)12-25-18-7-5-14(27(28)29)9-16(18)22/h1-7,9-10,12H,8H2,(H,25,26). The molecular formula is C22H13ClN4O3S. The van der Waals surface area contributed by atoms with E-state index in [1.54, 1.807) is 36.4 Å². The number of benzene rings is 2. The molecule has 0 saturated heterocycles. The van der Waals surface area contributed by atoms with Gasteiger partial charge in [0.2, 0.25) is 0 Å². The van der Waals surface area contributed by atoms with Crippen LogP contribution in [0.15, 0.2) is 71.6 Å². The average molecular weight is 449 g/mol. The first kappa shape index (κ1) is 20.5. The number of para-hydroxylation sites is 2. The Morgan fingerprint density at radius 3 is 2.84 bits per heavy atom. The van der Waals surface area contributed by atoms with E-state index in [9.17, 15) is 15.4 Å².